The van der Waals surface area contributed by atoms with Crippen molar-refractivity contribution in [3.05, 3.63) is 63.6 Å². The highest BCUT2D eigenvalue weighted by Crippen LogP contribution is 2.27. The van der Waals surface area contributed by atoms with Gasteiger partial charge >= 0.3 is 0 Å². The van der Waals surface area contributed by atoms with E-state index in [0.29, 0.717) is 30.9 Å². The van der Waals surface area contributed by atoms with E-state index in [-0.39, 0.29) is 17.5 Å². The summed E-state index contributed by atoms with van der Waals surface area (Å²) < 4.78 is 5.42. The van der Waals surface area contributed by atoms with E-state index in [1.807, 2.05) is 24.3 Å². The Morgan fingerprint density at radius 1 is 1.29 bits per heavy atom. The van der Waals surface area contributed by atoms with Crippen molar-refractivity contribution in [2.75, 3.05) is 26.7 Å². The number of para-hydroxylation sites is 1. The second-order valence-corrected chi connectivity index (χ2v) is 5.92. The summed E-state index contributed by atoms with van der Waals surface area (Å²) in [5, 5.41) is 3.43. The molecule has 6 heteroatoms. The smallest absolute Gasteiger partial charge is 0.254 e. The lowest BCUT2D eigenvalue weighted by Gasteiger charge is -2.34. The lowest BCUT2D eigenvalue weighted by atomic mass is 10.0. The molecule has 0 bridgehead atoms. The maximum atomic E-state index is 12.7. The number of nitrogens with one attached hydrogen (secondary N) is 2. The van der Waals surface area contributed by atoms with Crippen molar-refractivity contribution in [1.82, 2.24) is 15.2 Å². The zero-order valence-electron chi connectivity index (χ0n) is 13.8. The molecule has 1 unspecified atom stereocenters. The van der Waals surface area contributed by atoms with E-state index in [2.05, 4.69) is 10.3 Å². The first kappa shape index (κ1) is 16.3. The number of hydrogen-bond acceptors (Lipinski definition) is 4. The average Bonchev–Trinajstić information content (AvgIpc) is 2.60. The van der Waals surface area contributed by atoms with Gasteiger partial charge < -0.3 is 19.9 Å². The first-order valence-corrected chi connectivity index (χ1v) is 7.95. The van der Waals surface area contributed by atoms with Crippen LogP contribution in [-0.2, 0) is 0 Å². The molecule has 0 radical (unpaired) electrons. The van der Waals surface area contributed by atoms with Crippen molar-refractivity contribution in [2.45, 2.75) is 13.0 Å². The molecule has 2 aromatic rings. The van der Waals surface area contributed by atoms with Crippen molar-refractivity contribution < 1.29 is 9.53 Å². The standard InChI is InChI=1S/C18H21N3O3/c1-12-9-13(10-17(22)20-12)18(23)21-8-7-19-15(11-21)14-5-3-4-6-16(14)24-2/h3-6,9-10,15,19H,7-8,11H2,1-2H3,(H,20,22). The fourth-order valence-electron chi connectivity index (χ4n) is 3.09. The minimum absolute atomic E-state index is 0.00180. The molecule has 3 rings (SSSR count). The van der Waals surface area contributed by atoms with Crippen molar-refractivity contribution in [1.29, 1.82) is 0 Å². The number of H-pyrrole nitrogens is 1. The molecule has 1 fully saturated rings. The van der Waals surface area contributed by atoms with E-state index < -0.39 is 0 Å². The monoisotopic (exact) mass is 327 g/mol. The summed E-state index contributed by atoms with van der Waals surface area (Å²) in [6, 6.07) is 10.9. The van der Waals surface area contributed by atoms with Gasteiger partial charge in [-0.05, 0) is 19.1 Å². The number of benzene rings is 1. The molecule has 24 heavy (non-hydrogen) atoms. The Morgan fingerprint density at radius 3 is 2.83 bits per heavy atom. The van der Waals surface area contributed by atoms with Gasteiger partial charge in [0, 0.05) is 42.5 Å². The summed E-state index contributed by atoms with van der Waals surface area (Å²) in [5.41, 5.74) is 1.88. The number of ether oxygens (including phenoxy) is 1. The Bertz CT molecular complexity index is 800. The molecule has 6 nitrogen and oxygen atoms in total. The second kappa shape index (κ2) is 6.88. The van der Waals surface area contributed by atoms with Gasteiger partial charge in [0.1, 0.15) is 5.75 Å². The molecule has 0 spiro atoms. The summed E-state index contributed by atoms with van der Waals surface area (Å²) >= 11 is 0. The van der Waals surface area contributed by atoms with Crippen LogP contribution in [0.3, 0.4) is 0 Å². The number of amides is 1. The molecule has 1 aliphatic rings. The number of pyridine rings is 1. The third kappa shape index (κ3) is 3.33. The van der Waals surface area contributed by atoms with Crippen LogP contribution in [0.25, 0.3) is 0 Å². The topological polar surface area (TPSA) is 74.4 Å². The normalized spacial score (nSPS) is 17.6. The van der Waals surface area contributed by atoms with E-state index in [1.54, 1.807) is 25.0 Å². The third-order valence-electron chi connectivity index (χ3n) is 4.20. The van der Waals surface area contributed by atoms with E-state index in [0.717, 1.165) is 11.3 Å². The van der Waals surface area contributed by atoms with E-state index in [4.69, 9.17) is 4.74 Å². The maximum Gasteiger partial charge on any atom is 0.254 e. The fraction of sp³-hybridized carbons (Fsp3) is 0.333. The van der Waals surface area contributed by atoms with Gasteiger partial charge in [-0.3, -0.25) is 9.59 Å². The van der Waals surface area contributed by atoms with Gasteiger partial charge in [0.2, 0.25) is 5.56 Å². The van der Waals surface area contributed by atoms with Crippen LogP contribution in [0.5, 0.6) is 5.75 Å². The number of methoxy groups -OCH3 is 1. The molecule has 1 aromatic carbocycles. The number of piperazine rings is 1. The Morgan fingerprint density at radius 2 is 2.08 bits per heavy atom. The molecule has 126 valence electrons. The van der Waals surface area contributed by atoms with Crippen LogP contribution in [0.1, 0.15) is 27.7 Å². The maximum absolute atomic E-state index is 12.7. The van der Waals surface area contributed by atoms with Crippen LogP contribution >= 0.6 is 0 Å². The average molecular weight is 327 g/mol. The number of carbonyl (C=O) groups is 1. The largest absolute Gasteiger partial charge is 0.496 e. The zero-order valence-corrected chi connectivity index (χ0v) is 13.8. The highest BCUT2D eigenvalue weighted by molar-refractivity contribution is 5.94. The van der Waals surface area contributed by atoms with Crippen LogP contribution in [-0.4, -0.2) is 42.5 Å². The number of aromatic nitrogens is 1. The molecule has 1 amide bonds. The van der Waals surface area contributed by atoms with Crippen molar-refractivity contribution >= 4 is 5.91 Å². The molecule has 1 atom stereocenters. The molecule has 0 saturated carbocycles. The summed E-state index contributed by atoms with van der Waals surface area (Å²) in [6.45, 7) is 3.60. The van der Waals surface area contributed by atoms with Crippen LogP contribution < -0.4 is 15.6 Å². The first-order chi connectivity index (χ1) is 11.6. The minimum atomic E-state index is -0.255. The van der Waals surface area contributed by atoms with E-state index >= 15 is 0 Å². The highest BCUT2D eigenvalue weighted by Gasteiger charge is 2.27. The number of carbonyl (C=O) groups excluding carboxylic acids is 1. The Hall–Kier alpha value is -2.60. The van der Waals surface area contributed by atoms with Gasteiger partial charge in [0.25, 0.3) is 5.91 Å². The molecule has 2 N–H and O–H groups in total. The molecule has 1 aliphatic heterocycles. The van der Waals surface area contributed by atoms with Crippen molar-refractivity contribution in [2.24, 2.45) is 0 Å². The van der Waals surface area contributed by atoms with E-state index in [9.17, 15) is 9.59 Å². The minimum Gasteiger partial charge on any atom is -0.496 e. The summed E-state index contributed by atoms with van der Waals surface area (Å²) in [4.78, 5) is 28.8. The van der Waals surface area contributed by atoms with Gasteiger partial charge in [-0.25, -0.2) is 0 Å². The Kier molecular flexibility index (Phi) is 4.66. The van der Waals surface area contributed by atoms with Gasteiger partial charge in [0.05, 0.1) is 13.2 Å². The van der Waals surface area contributed by atoms with Crippen molar-refractivity contribution in [3.63, 3.8) is 0 Å². The third-order valence-corrected chi connectivity index (χ3v) is 4.20. The zero-order chi connectivity index (χ0) is 17.1. The van der Waals surface area contributed by atoms with Crippen LogP contribution in [0.2, 0.25) is 0 Å². The molecule has 0 aliphatic carbocycles. The number of nitrogens with zero attached hydrogens (tertiary/aromatic N) is 1. The number of hydrogen-bond donors (Lipinski definition) is 2. The number of aromatic amines is 1. The van der Waals surface area contributed by atoms with E-state index in [1.165, 1.54) is 6.07 Å². The number of rotatable bonds is 3. The molecular weight excluding hydrogens is 306 g/mol. The summed E-state index contributed by atoms with van der Waals surface area (Å²) in [6.07, 6.45) is 0. The fourth-order valence-corrected chi connectivity index (χ4v) is 3.09. The summed E-state index contributed by atoms with van der Waals surface area (Å²) in [5.74, 6) is 0.682. The van der Waals surface area contributed by atoms with Crippen LogP contribution in [0, 0.1) is 6.92 Å². The quantitative estimate of drug-likeness (QED) is 0.895. The molecule has 1 saturated heterocycles. The predicted octanol–water partition coefficient (Wildman–Crippen LogP) is 1.48. The Labute approximate surface area is 140 Å². The number of aryl methyl sites for hydroxylation is 1. The van der Waals surface area contributed by atoms with Crippen LogP contribution in [0.4, 0.5) is 0 Å². The predicted molar refractivity (Wildman–Crippen MR) is 91.4 cm³/mol. The molecule has 1 aromatic heterocycles. The molecule has 2 heterocycles. The Balaban J connectivity index is 1.82. The van der Waals surface area contributed by atoms with Gasteiger partial charge in [-0.15, -0.1) is 0 Å². The van der Waals surface area contributed by atoms with Gasteiger partial charge in [-0.2, -0.15) is 0 Å². The van der Waals surface area contributed by atoms with Gasteiger partial charge in [-0.1, -0.05) is 18.2 Å². The van der Waals surface area contributed by atoms with Crippen LogP contribution in [0.15, 0.2) is 41.2 Å². The first-order valence-electron chi connectivity index (χ1n) is 7.95. The lowest BCUT2D eigenvalue weighted by molar-refractivity contribution is 0.0701. The SMILES string of the molecule is COc1ccccc1C1CN(C(=O)c2cc(C)[nH]c(=O)c2)CCN1. The second-order valence-electron chi connectivity index (χ2n) is 5.92. The highest BCUT2D eigenvalue weighted by atomic mass is 16.5. The van der Waals surface area contributed by atoms with Gasteiger partial charge in [0.15, 0.2) is 0 Å². The molecular formula is C18H21N3O3. The summed E-state index contributed by atoms with van der Waals surface area (Å²) in [7, 11) is 1.64. The van der Waals surface area contributed by atoms with Crippen molar-refractivity contribution in [3.8, 4) is 5.75 Å². The lowest BCUT2D eigenvalue weighted by Crippen LogP contribution is -2.48.